The Morgan fingerprint density at radius 1 is 1.16 bits per heavy atom. The Kier molecular flexibility index (Phi) is 5.67. The lowest BCUT2D eigenvalue weighted by Crippen LogP contribution is -2.55. The van der Waals surface area contributed by atoms with Crippen molar-refractivity contribution in [2.75, 3.05) is 36.6 Å². The molecule has 1 unspecified atom stereocenters. The first-order chi connectivity index (χ1) is 17.8. The van der Waals surface area contributed by atoms with Gasteiger partial charge in [-0.15, -0.1) is 0 Å². The van der Waals surface area contributed by atoms with Crippen LogP contribution in [-0.2, 0) is 0 Å². The molecule has 0 amide bonds. The lowest BCUT2D eigenvalue weighted by Gasteiger charge is -2.42. The molecule has 0 radical (unpaired) electrons. The second kappa shape index (κ2) is 8.91. The fourth-order valence-corrected chi connectivity index (χ4v) is 5.44. The molecule has 2 fully saturated rings. The van der Waals surface area contributed by atoms with Crippen LogP contribution < -0.4 is 25.1 Å². The molecule has 192 valence electrons. The van der Waals surface area contributed by atoms with Crippen molar-refractivity contribution < 1.29 is 23.8 Å². The molecule has 2 N–H and O–H groups in total. The van der Waals surface area contributed by atoms with Crippen molar-refractivity contribution in [1.82, 2.24) is 9.47 Å². The zero-order valence-electron chi connectivity index (χ0n) is 20.1. The molecule has 37 heavy (non-hydrogen) atoms. The van der Waals surface area contributed by atoms with Gasteiger partial charge in [0.15, 0.2) is 16.6 Å². The number of aromatic nitrogens is 1. The van der Waals surface area contributed by atoms with Crippen LogP contribution in [0.5, 0.6) is 11.5 Å². The largest absolute Gasteiger partial charge is 0.477 e. The number of ether oxygens (including phenoxy) is 2. The van der Waals surface area contributed by atoms with Gasteiger partial charge in [0, 0.05) is 55.1 Å². The normalized spacial score (nSPS) is 18.8. The minimum Gasteiger partial charge on any atom is -0.477 e. The van der Waals surface area contributed by atoms with Gasteiger partial charge in [-0.1, -0.05) is 0 Å². The fourth-order valence-electron chi connectivity index (χ4n) is 5.06. The standard InChI is InChI=1S/C26H25FN4O5S/c1-14-11-29(6-7-30(14)26(37)28-15-2-5-22-23(8-15)36-13-35-22)21-10-20-17(9-19(21)27)24(32)18(25(33)34)12-31(20)16-3-4-16/h2,5,8-10,12,14,16H,3-4,6-7,11,13H2,1H3,(H,28,37)(H,33,34). The van der Waals surface area contributed by atoms with Crippen molar-refractivity contribution >= 4 is 45.6 Å². The van der Waals surface area contributed by atoms with Gasteiger partial charge in [0.2, 0.25) is 12.2 Å². The van der Waals surface area contributed by atoms with Crippen LogP contribution >= 0.6 is 12.2 Å². The average molecular weight is 525 g/mol. The van der Waals surface area contributed by atoms with E-state index in [1.165, 1.54) is 12.3 Å². The van der Waals surface area contributed by atoms with E-state index in [2.05, 4.69) is 10.2 Å². The number of nitrogens with one attached hydrogen (secondary N) is 1. The Hall–Kier alpha value is -3.86. The van der Waals surface area contributed by atoms with E-state index in [-0.39, 0.29) is 29.8 Å². The molecule has 1 saturated carbocycles. The number of rotatable bonds is 4. The summed E-state index contributed by atoms with van der Waals surface area (Å²) in [5, 5.41) is 13.4. The number of piperazine rings is 1. The minimum atomic E-state index is -1.30. The van der Waals surface area contributed by atoms with Crippen LogP contribution in [0, 0.1) is 5.82 Å². The van der Waals surface area contributed by atoms with Crippen LogP contribution in [0.4, 0.5) is 15.8 Å². The molecule has 3 heterocycles. The predicted octanol–water partition coefficient (Wildman–Crippen LogP) is 3.81. The van der Waals surface area contributed by atoms with Crippen LogP contribution in [0.2, 0.25) is 0 Å². The van der Waals surface area contributed by atoms with Crippen LogP contribution in [-0.4, -0.2) is 58.1 Å². The van der Waals surface area contributed by atoms with E-state index in [0.717, 1.165) is 18.5 Å². The zero-order valence-corrected chi connectivity index (χ0v) is 20.9. The number of aromatic carboxylic acids is 1. The van der Waals surface area contributed by atoms with Gasteiger partial charge in [-0.05, 0) is 56.2 Å². The summed E-state index contributed by atoms with van der Waals surface area (Å²) in [6, 6.07) is 8.52. The molecule has 6 rings (SSSR count). The molecule has 0 bridgehead atoms. The fraction of sp³-hybridized carbons (Fsp3) is 0.346. The van der Waals surface area contributed by atoms with E-state index in [1.807, 2.05) is 34.6 Å². The van der Waals surface area contributed by atoms with Gasteiger partial charge in [0.1, 0.15) is 11.4 Å². The monoisotopic (exact) mass is 524 g/mol. The Balaban J connectivity index is 1.24. The highest BCUT2D eigenvalue weighted by Crippen LogP contribution is 2.38. The summed E-state index contributed by atoms with van der Waals surface area (Å²) in [4.78, 5) is 28.4. The van der Waals surface area contributed by atoms with Crippen LogP contribution in [0.25, 0.3) is 10.9 Å². The summed E-state index contributed by atoms with van der Waals surface area (Å²) >= 11 is 5.67. The summed E-state index contributed by atoms with van der Waals surface area (Å²) < 4.78 is 27.9. The summed E-state index contributed by atoms with van der Waals surface area (Å²) in [5.74, 6) is -0.489. The molecule has 0 spiro atoms. The van der Waals surface area contributed by atoms with E-state index in [4.69, 9.17) is 21.7 Å². The van der Waals surface area contributed by atoms with E-state index < -0.39 is 17.2 Å². The number of benzene rings is 2. The van der Waals surface area contributed by atoms with Crippen molar-refractivity contribution in [3.63, 3.8) is 0 Å². The lowest BCUT2D eigenvalue weighted by atomic mass is 10.1. The first kappa shape index (κ1) is 23.5. The number of hydrogen-bond acceptors (Lipinski definition) is 6. The van der Waals surface area contributed by atoms with Gasteiger partial charge >= 0.3 is 5.97 Å². The maximum absolute atomic E-state index is 15.3. The number of fused-ring (bicyclic) bond motifs is 2. The van der Waals surface area contributed by atoms with Gasteiger partial charge in [0.05, 0.1) is 11.2 Å². The number of hydrogen-bond donors (Lipinski definition) is 2. The molecular formula is C26H25FN4O5S. The van der Waals surface area contributed by atoms with Gasteiger partial charge in [0.25, 0.3) is 0 Å². The van der Waals surface area contributed by atoms with Crippen molar-refractivity contribution in [2.24, 2.45) is 0 Å². The third-order valence-electron chi connectivity index (χ3n) is 7.12. The molecular weight excluding hydrogens is 499 g/mol. The van der Waals surface area contributed by atoms with Crippen molar-refractivity contribution in [3.8, 4) is 11.5 Å². The summed E-state index contributed by atoms with van der Waals surface area (Å²) in [7, 11) is 0. The molecule has 1 aromatic heterocycles. The Bertz CT molecular complexity index is 1500. The Morgan fingerprint density at radius 2 is 1.95 bits per heavy atom. The van der Waals surface area contributed by atoms with Crippen LogP contribution in [0.1, 0.15) is 36.2 Å². The number of anilines is 2. The number of carboxylic acids is 1. The third kappa shape index (κ3) is 4.22. The number of halogens is 1. The van der Waals surface area contributed by atoms with E-state index in [1.54, 1.807) is 6.07 Å². The van der Waals surface area contributed by atoms with Gasteiger partial charge in [-0.2, -0.15) is 0 Å². The number of carboxylic acid groups (broad SMARTS) is 1. The van der Waals surface area contributed by atoms with E-state index in [9.17, 15) is 14.7 Å². The highest BCUT2D eigenvalue weighted by atomic mass is 32.1. The first-order valence-corrected chi connectivity index (χ1v) is 12.5. The van der Waals surface area contributed by atoms with E-state index >= 15 is 4.39 Å². The Labute approximate surface area is 217 Å². The summed E-state index contributed by atoms with van der Waals surface area (Å²) in [6.45, 7) is 3.84. The molecule has 9 nitrogen and oxygen atoms in total. The van der Waals surface area contributed by atoms with Gasteiger partial charge in [-0.3, -0.25) is 4.79 Å². The molecule has 11 heteroatoms. The van der Waals surface area contributed by atoms with Crippen molar-refractivity contribution in [2.45, 2.75) is 31.8 Å². The second-order valence-electron chi connectivity index (χ2n) is 9.62. The molecule has 3 aromatic rings. The molecule has 1 aliphatic carbocycles. The molecule has 1 atom stereocenters. The first-order valence-electron chi connectivity index (χ1n) is 12.1. The lowest BCUT2D eigenvalue weighted by molar-refractivity contribution is 0.0694. The molecule has 1 saturated heterocycles. The maximum Gasteiger partial charge on any atom is 0.341 e. The predicted molar refractivity (Wildman–Crippen MR) is 141 cm³/mol. The second-order valence-corrected chi connectivity index (χ2v) is 10.0. The van der Waals surface area contributed by atoms with Gasteiger partial charge in [-0.25, -0.2) is 9.18 Å². The zero-order chi connectivity index (χ0) is 25.8. The topological polar surface area (TPSA) is 96.3 Å². The highest BCUT2D eigenvalue weighted by molar-refractivity contribution is 7.80. The quantitative estimate of drug-likeness (QED) is 0.494. The van der Waals surface area contributed by atoms with Gasteiger partial charge < -0.3 is 34.3 Å². The summed E-state index contributed by atoms with van der Waals surface area (Å²) in [5.41, 5.74) is 0.748. The average Bonchev–Trinajstić information content (AvgIpc) is 3.60. The van der Waals surface area contributed by atoms with Crippen molar-refractivity contribution in [3.05, 3.63) is 58.1 Å². The van der Waals surface area contributed by atoms with E-state index in [0.29, 0.717) is 47.4 Å². The number of thiocarbonyl (C=S) groups is 1. The molecule has 3 aliphatic rings. The SMILES string of the molecule is CC1CN(c2cc3c(cc2F)c(=O)c(C(=O)O)cn3C2CC2)CCN1C(=S)Nc1ccc2c(c1)OCO2. The molecule has 2 aliphatic heterocycles. The smallest absolute Gasteiger partial charge is 0.341 e. The Morgan fingerprint density at radius 3 is 2.68 bits per heavy atom. The summed E-state index contributed by atoms with van der Waals surface area (Å²) in [6.07, 6.45) is 3.19. The molecule has 2 aromatic carbocycles. The number of nitrogens with zero attached hydrogens (tertiary/aromatic N) is 3. The minimum absolute atomic E-state index is 0.0159. The van der Waals surface area contributed by atoms with Crippen LogP contribution in [0.3, 0.4) is 0 Å². The number of pyridine rings is 1. The maximum atomic E-state index is 15.3. The van der Waals surface area contributed by atoms with Crippen molar-refractivity contribution in [1.29, 1.82) is 0 Å². The van der Waals surface area contributed by atoms with Crippen LogP contribution in [0.15, 0.2) is 41.3 Å². The third-order valence-corrected chi connectivity index (χ3v) is 7.46. The number of carbonyl (C=O) groups is 1. The highest BCUT2D eigenvalue weighted by Gasteiger charge is 2.30.